The van der Waals surface area contributed by atoms with Gasteiger partial charge in [-0.3, -0.25) is 0 Å². The van der Waals surface area contributed by atoms with Crippen LogP contribution in [0.5, 0.6) is 0 Å². The lowest BCUT2D eigenvalue weighted by Gasteiger charge is -2.12. The number of hydrogen-bond donors (Lipinski definition) is 1. The van der Waals surface area contributed by atoms with Gasteiger partial charge in [0.1, 0.15) is 0 Å². The Bertz CT molecular complexity index is 356. The number of rotatable bonds is 6. The lowest BCUT2D eigenvalue weighted by Crippen LogP contribution is -2.21. The van der Waals surface area contributed by atoms with E-state index in [1.807, 2.05) is 0 Å². The Hall–Kier alpha value is -0.860. The van der Waals surface area contributed by atoms with Crippen LogP contribution in [0.2, 0.25) is 0 Å². The molecule has 1 aromatic carbocycles. The Labute approximate surface area is 106 Å². The van der Waals surface area contributed by atoms with Crippen molar-refractivity contribution in [3.05, 3.63) is 34.4 Å². The SMILES string of the molecule is Cc1cc(C)c(CNCCCN(C)C)cc1C. The van der Waals surface area contributed by atoms with E-state index in [9.17, 15) is 0 Å². The second-order valence-electron chi connectivity index (χ2n) is 5.20. The van der Waals surface area contributed by atoms with Gasteiger partial charge in [0.2, 0.25) is 0 Å². The lowest BCUT2D eigenvalue weighted by atomic mass is 10.0. The molecule has 17 heavy (non-hydrogen) atoms. The van der Waals surface area contributed by atoms with E-state index >= 15 is 0 Å². The molecule has 1 N–H and O–H groups in total. The van der Waals surface area contributed by atoms with E-state index in [2.05, 4.69) is 57.2 Å². The zero-order chi connectivity index (χ0) is 12.8. The van der Waals surface area contributed by atoms with E-state index in [1.54, 1.807) is 0 Å². The molecule has 0 atom stereocenters. The molecule has 2 nitrogen and oxygen atoms in total. The highest BCUT2D eigenvalue weighted by atomic mass is 15.0. The highest BCUT2D eigenvalue weighted by molar-refractivity contribution is 5.36. The van der Waals surface area contributed by atoms with Gasteiger partial charge in [-0.15, -0.1) is 0 Å². The molecule has 0 aliphatic heterocycles. The minimum absolute atomic E-state index is 0.986. The molecular formula is C15H26N2. The summed E-state index contributed by atoms with van der Waals surface area (Å²) in [7, 11) is 4.24. The minimum atomic E-state index is 0.986. The van der Waals surface area contributed by atoms with Crippen LogP contribution >= 0.6 is 0 Å². The van der Waals surface area contributed by atoms with Crippen molar-refractivity contribution in [2.45, 2.75) is 33.7 Å². The van der Waals surface area contributed by atoms with Gasteiger partial charge in [-0.25, -0.2) is 0 Å². The molecule has 1 rings (SSSR count). The molecule has 0 saturated heterocycles. The van der Waals surface area contributed by atoms with Crippen molar-refractivity contribution in [2.24, 2.45) is 0 Å². The summed E-state index contributed by atoms with van der Waals surface area (Å²) in [6, 6.07) is 4.59. The van der Waals surface area contributed by atoms with Crippen LogP contribution in [0.15, 0.2) is 12.1 Å². The molecule has 0 aliphatic carbocycles. The minimum Gasteiger partial charge on any atom is -0.313 e. The van der Waals surface area contributed by atoms with Crippen molar-refractivity contribution < 1.29 is 0 Å². The maximum Gasteiger partial charge on any atom is 0.0208 e. The molecule has 0 fully saturated rings. The number of aryl methyl sites for hydroxylation is 3. The molecule has 0 aromatic heterocycles. The molecule has 0 amide bonds. The third kappa shape index (κ3) is 4.88. The standard InChI is InChI=1S/C15H26N2/c1-12-9-14(3)15(10-13(12)2)11-16-7-6-8-17(4)5/h9-10,16H,6-8,11H2,1-5H3. The van der Waals surface area contributed by atoms with Gasteiger partial charge in [0.05, 0.1) is 0 Å². The van der Waals surface area contributed by atoms with E-state index < -0.39 is 0 Å². The summed E-state index contributed by atoms with van der Waals surface area (Å²) in [5.74, 6) is 0. The predicted molar refractivity (Wildman–Crippen MR) is 75.5 cm³/mol. The molecule has 0 aliphatic rings. The normalized spacial score (nSPS) is 11.2. The van der Waals surface area contributed by atoms with Gasteiger partial charge in [-0.05, 0) is 76.6 Å². The Morgan fingerprint density at radius 1 is 1.00 bits per heavy atom. The van der Waals surface area contributed by atoms with Crippen molar-refractivity contribution in [1.29, 1.82) is 0 Å². The Kier molecular flexibility index (Phi) is 5.66. The van der Waals surface area contributed by atoms with Gasteiger partial charge in [-0.2, -0.15) is 0 Å². The molecule has 0 saturated carbocycles. The first kappa shape index (κ1) is 14.2. The first-order valence-corrected chi connectivity index (χ1v) is 6.43. The number of nitrogens with zero attached hydrogens (tertiary/aromatic N) is 1. The van der Waals surface area contributed by atoms with Gasteiger partial charge < -0.3 is 10.2 Å². The fourth-order valence-electron chi connectivity index (χ4n) is 1.95. The van der Waals surface area contributed by atoms with Crippen molar-refractivity contribution >= 4 is 0 Å². The second kappa shape index (κ2) is 6.77. The van der Waals surface area contributed by atoms with Gasteiger partial charge in [0.25, 0.3) is 0 Å². The monoisotopic (exact) mass is 234 g/mol. The van der Waals surface area contributed by atoms with Gasteiger partial charge in [0.15, 0.2) is 0 Å². The Morgan fingerprint density at radius 2 is 1.65 bits per heavy atom. The van der Waals surface area contributed by atoms with Crippen LogP contribution in [0.3, 0.4) is 0 Å². The largest absolute Gasteiger partial charge is 0.313 e. The quantitative estimate of drug-likeness (QED) is 0.761. The van der Waals surface area contributed by atoms with Gasteiger partial charge in [-0.1, -0.05) is 12.1 Å². The molecule has 1 aromatic rings. The van der Waals surface area contributed by atoms with Gasteiger partial charge >= 0.3 is 0 Å². The van der Waals surface area contributed by atoms with Gasteiger partial charge in [0, 0.05) is 6.54 Å². The van der Waals surface area contributed by atoms with E-state index in [4.69, 9.17) is 0 Å². The zero-order valence-electron chi connectivity index (χ0n) is 11.9. The summed E-state index contributed by atoms with van der Waals surface area (Å²) in [5.41, 5.74) is 5.60. The van der Waals surface area contributed by atoms with Crippen LogP contribution in [0.4, 0.5) is 0 Å². The molecule has 0 bridgehead atoms. The average Bonchev–Trinajstić information content (AvgIpc) is 2.24. The smallest absolute Gasteiger partial charge is 0.0208 e. The lowest BCUT2D eigenvalue weighted by molar-refractivity contribution is 0.394. The van der Waals surface area contributed by atoms with Crippen molar-refractivity contribution in [2.75, 3.05) is 27.2 Å². The van der Waals surface area contributed by atoms with Crippen LogP contribution in [0.1, 0.15) is 28.7 Å². The third-order valence-electron chi connectivity index (χ3n) is 3.23. The van der Waals surface area contributed by atoms with Crippen molar-refractivity contribution in [3.63, 3.8) is 0 Å². The third-order valence-corrected chi connectivity index (χ3v) is 3.23. The average molecular weight is 234 g/mol. The van der Waals surface area contributed by atoms with Crippen LogP contribution in [0.25, 0.3) is 0 Å². The summed E-state index contributed by atoms with van der Waals surface area (Å²) in [6.45, 7) is 9.79. The summed E-state index contributed by atoms with van der Waals surface area (Å²) in [6.07, 6.45) is 1.21. The molecule has 2 heteroatoms. The summed E-state index contributed by atoms with van der Waals surface area (Å²) < 4.78 is 0. The zero-order valence-corrected chi connectivity index (χ0v) is 11.9. The highest BCUT2D eigenvalue weighted by Crippen LogP contribution is 2.14. The van der Waals surface area contributed by atoms with Crippen LogP contribution < -0.4 is 5.32 Å². The predicted octanol–water partition coefficient (Wildman–Crippen LogP) is 2.65. The molecular weight excluding hydrogens is 208 g/mol. The van der Waals surface area contributed by atoms with Crippen LogP contribution in [0, 0.1) is 20.8 Å². The first-order chi connectivity index (χ1) is 8.00. The Morgan fingerprint density at radius 3 is 2.29 bits per heavy atom. The van der Waals surface area contributed by atoms with E-state index in [0.29, 0.717) is 0 Å². The molecule has 96 valence electrons. The van der Waals surface area contributed by atoms with Crippen molar-refractivity contribution in [1.82, 2.24) is 10.2 Å². The number of benzene rings is 1. The second-order valence-corrected chi connectivity index (χ2v) is 5.20. The maximum absolute atomic E-state index is 3.52. The summed E-state index contributed by atoms with van der Waals surface area (Å²) >= 11 is 0. The van der Waals surface area contributed by atoms with Crippen molar-refractivity contribution in [3.8, 4) is 0 Å². The number of hydrogen-bond acceptors (Lipinski definition) is 2. The van der Waals surface area contributed by atoms with E-state index in [1.165, 1.54) is 28.7 Å². The van der Waals surface area contributed by atoms with Crippen LogP contribution in [-0.2, 0) is 6.54 Å². The van der Waals surface area contributed by atoms with Crippen LogP contribution in [-0.4, -0.2) is 32.1 Å². The fraction of sp³-hybridized carbons (Fsp3) is 0.600. The molecule has 0 spiro atoms. The Balaban J connectivity index is 2.39. The fourth-order valence-corrected chi connectivity index (χ4v) is 1.95. The summed E-state index contributed by atoms with van der Waals surface area (Å²) in [4.78, 5) is 2.23. The maximum atomic E-state index is 3.52. The molecule has 0 radical (unpaired) electrons. The summed E-state index contributed by atoms with van der Waals surface area (Å²) in [5, 5.41) is 3.52. The molecule has 0 unspecified atom stereocenters. The van der Waals surface area contributed by atoms with E-state index in [0.717, 1.165) is 19.6 Å². The van der Waals surface area contributed by atoms with E-state index in [-0.39, 0.29) is 0 Å². The highest BCUT2D eigenvalue weighted by Gasteiger charge is 2.01. The number of nitrogens with one attached hydrogen (secondary N) is 1. The molecule has 0 heterocycles. The topological polar surface area (TPSA) is 15.3 Å². The first-order valence-electron chi connectivity index (χ1n) is 6.43.